The normalized spacial score (nSPS) is 10.9. The Morgan fingerprint density at radius 1 is 1.41 bits per heavy atom. The molecule has 17 heavy (non-hydrogen) atoms. The van der Waals surface area contributed by atoms with E-state index in [1.54, 1.807) is 13.1 Å². The highest BCUT2D eigenvalue weighted by atomic mass is 32.2. The van der Waals surface area contributed by atoms with Crippen molar-refractivity contribution in [2.24, 2.45) is 14.1 Å². The number of aromatic amines is 1. The van der Waals surface area contributed by atoms with Gasteiger partial charge < -0.3 is 4.98 Å². The van der Waals surface area contributed by atoms with Gasteiger partial charge in [-0.25, -0.2) is 9.78 Å². The van der Waals surface area contributed by atoms with Crippen molar-refractivity contribution in [3.63, 3.8) is 0 Å². The summed E-state index contributed by atoms with van der Waals surface area (Å²) in [6.45, 7) is 3.61. The molecule has 1 N–H and O–H groups in total. The second kappa shape index (κ2) is 4.25. The van der Waals surface area contributed by atoms with Crippen molar-refractivity contribution in [1.29, 1.82) is 0 Å². The van der Waals surface area contributed by atoms with E-state index in [9.17, 15) is 9.59 Å². The average molecular weight is 252 g/mol. The Bertz CT molecular complexity index is 695. The van der Waals surface area contributed by atoms with Crippen LogP contribution in [0.3, 0.4) is 0 Å². The summed E-state index contributed by atoms with van der Waals surface area (Å²) in [7, 11) is 3.04. The maximum Gasteiger partial charge on any atom is 0.332 e. The van der Waals surface area contributed by atoms with E-state index in [-0.39, 0.29) is 11.2 Å². The predicted molar refractivity (Wildman–Crippen MR) is 67.5 cm³/mol. The van der Waals surface area contributed by atoms with E-state index in [0.29, 0.717) is 22.1 Å². The maximum absolute atomic E-state index is 11.8. The van der Waals surface area contributed by atoms with Gasteiger partial charge in [-0.1, -0.05) is 17.8 Å². The zero-order chi connectivity index (χ0) is 12.6. The Hall–Kier alpha value is -1.76. The fourth-order valence-electron chi connectivity index (χ4n) is 1.51. The van der Waals surface area contributed by atoms with Crippen LogP contribution in [-0.2, 0) is 14.1 Å². The predicted octanol–water partition coefficient (Wildman–Crippen LogP) is 0.238. The van der Waals surface area contributed by atoms with Gasteiger partial charge in [0.2, 0.25) is 0 Å². The van der Waals surface area contributed by atoms with E-state index < -0.39 is 0 Å². The summed E-state index contributed by atoms with van der Waals surface area (Å²) in [5.74, 6) is 0.689. The zero-order valence-corrected chi connectivity index (χ0v) is 10.4. The number of thioether (sulfide) groups is 1. The Labute approximate surface area is 101 Å². The molecular formula is C10H12N4O2S. The molecule has 0 atom stereocenters. The monoisotopic (exact) mass is 252 g/mol. The number of nitrogens with zero attached hydrogens (tertiary/aromatic N) is 3. The molecule has 0 fully saturated rings. The Kier molecular flexibility index (Phi) is 2.93. The Morgan fingerprint density at radius 3 is 2.76 bits per heavy atom. The largest absolute Gasteiger partial charge is 0.332 e. The molecule has 0 saturated carbocycles. The first-order valence-corrected chi connectivity index (χ1v) is 5.94. The molecule has 6 nitrogen and oxygen atoms in total. The van der Waals surface area contributed by atoms with Crippen LogP contribution in [0.1, 0.15) is 0 Å². The average Bonchev–Trinajstić information content (AvgIpc) is 2.75. The number of rotatable bonds is 3. The summed E-state index contributed by atoms with van der Waals surface area (Å²) in [5.41, 5.74) is -0.0128. The zero-order valence-electron chi connectivity index (χ0n) is 9.56. The van der Waals surface area contributed by atoms with E-state index in [0.717, 1.165) is 4.57 Å². The van der Waals surface area contributed by atoms with Crippen molar-refractivity contribution >= 4 is 22.9 Å². The molecule has 0 aliphatic heterocycles. The van der Waals surface area contributed by atoms with Gasteiger partial charge in [-0.05, 0) is 0 Å². The highest BCUT2D eigenvalue weighted by Gasteiger charge is 2.12. The quantitative estimate of drug-likeness (QED) is 0.627. The molecular weight excluding hydrogens is 240 g/mol. The molecule has 7 heteroatoms. The molecule has 0 saturated heterocycles. The molecule has 2 aromatic rings. The minimum absolute atomic E-state index is 0.348. The SMILES string of the molecule is C=CCSc1nc2c([nH]1)c(=O)n(C)c(=O)n2C. The number of imidazole rings is 1. The third kappa shape index (κ3) is 1.82. The minimum atomic E-state index is -0.380. The number of hydrogen-bond acceptors (Lipinski definition) is 4. The van der Waals surface area contributed by atoms with Crippen molar-refractivity contribution in [2.75, 3.05) is 5.75 Å². The third-order valence-electron chi connectivity index (χ3n) is 2.41. The van der Waals surface area contributed by atoms with Gasteiger partial charge in [0.1, 0.15) is 0 Å². The smallest absolute Gasteiger partial charge is 0.327 e. The second-order valence-corrected chi connectivity index (χ2v) is 4.55. The highest BCUT2D eigenvalue weighted by molar-refractivity contribution is 7.99. The van der Waals surface area contributed by atoms with Gasteiger partial charge in [-0.3, -0.25) is 13.9 Å². The fourth-order valence-corrected chi connectivity index (χ4v) is 2.11. The molecule has 2 rings (SSSR count). The van der Waals surface area contributed by atoms with Crippen molar-refractivity contribution in [3.05, 3.63) is 33.5 Å². The first-order valence-electron chi connectivity index (χ1n) is 4.95. The molecule has 0 amide bonds. The lowest BCUT2D eigenvalue weighted by molar-refractivity contribution is 0.708. The summed E-state index contributed by atoms with van der Waals surface area (Å²) < 4.78 is 2.41. The second-order valence-electron chi connectivity index (χ2n) is 3.55. The van der Waals surface area contributed by atoms with E-state index in [2.05, 4.69) is 16.5 Å². The van der Waals surface area contributed by atoms with Crippen molar-refractivity contribution in [3.8, 4) is 0 Å². The van der Waals surface area contributed by atoms with Crippen LogP contribution >= 0.6 is 11.8 Å². The van der Waals surface area contributed by atoms with Gasteiger partial charge in [-0.15, -0.1) is 6.58 Å². The van der Waals surface area contributed by atoms with Crippen molar-refractivity contribution in [1.82, 2.24) is 19.1 Å². The lowest BCUT2D eigenvalue weighted by Crippen LogP contribution is -2.36. The molecule has 0 aliphatic rings. The number of aromatic nitrogens is 4. The number of aryl methyl sites for hydroxylation is 1. The molecule has 90 valence electrons. The Morgan fingerprint density at radius 2 is 2.12 bits per heavy atom. The van der Waals surface area contributed by atoms with E-state index in [1.807, 2.05) is 0 Å². The number of H-pyrrole nitrogens is 1. The van der Waals surface area contributed by atoms with Crippen LogP contribution in [0.15, 0.2) is 27.4 Å². The Balaban J connectivity index is 2.72. The van der Waals surface area contributed by atoms with Crippen LogP contribution < -0.4 is 11.2 Å². The number of hydrogen-bond donors (Lipinski definition) is 1. The lowest BCUT2D eigenvalue weighted by Gasteiger charge is -2.00. The maximum atomic E-state index is 11.8. The summed E-state index contributed by atoms with van der Waals surface area (Å²) in [5, 5.41) is 0.609. The molecule has 0 radical (unpaired) electrons. The number of fused-ring (bicyclic) bond motifs is 1. The van der Waals surface area contributed by atoms with Gasteiger partial charge >= 0.3 is 5.69 Å². The van der Waals surface area contributed by atoms with Gasteiger partial charge in [0.25, 0.3) is 5.56 Å². The summed E-state index contributed by atoms with van der Waals surface area (Å²) in [6, 6.07) is 0. The number of nitrogens with one attached hydrogen (secondary N) is 1. The summed E-state index contributed by atoms with van der Waals surface area (Å²) >= 11 is 1.43. The van der Waals surface area contributed by atoms with Gasteiger partial charge in [0.05, 0.1) is 0 Å². The molecule has 2 aromatic heterocycles. The minimum Gasteiger partial charge on any atom is -0.327 e. The van der Waals surface area contributed by atoms with Crippen molar-refractivity contribution < 1.29 is 0 Å². The molecule has 0 aliphatic carbocycles. The standard InChI is InChI=1S/C10H12N4O2S/c1-4-5-17-9-11-6-7(12-9)13(2)10(16)14(3)8(6)15/h4H,1,5H2,2-3H3,(H,11,12). The first-order chi connectivity index (χ1) is 8.06. The van der Waals surface area contributed by atoms with Crippen LogP contribution in [0.4, 0.5) is 0 Å². The van der Waals surface area contributed by atoms with Crippen LogP contribution in [-0.4, -0.2) is 24.9 Å². The summed E-state index contributed by atoms with van der Waals surface area (Å²) in [6.07, 6.45) is 1.75. The third-order valence-corrected chi connectivity index (χ3v) is 3.28. The highest BCUT2D eigenvalue weighted by Crippen LogP contribution is 2.16. The molecule has 2 heterocycles. The van der Waals surface area contributed by atoms with Gasteiger partial charge in [0, 0.05) is 19.8 Å². The first kappa shape index (κ1) is 11.7. The van der Waals surface area contributed by atoms with Crippen LogP contribution in [0.2, 0.25) is 0 Å². The molecule has 0 unspecified atom stereocenters. The van der Waals surface area contributed by atoms with E-state index in [4.69, 9.17) is 0 Å². The van der Waals surface area contributed by atoms with Gasteiger partial charge in [-0.2, -0.15) is 0 Å². The lowest BCUT2D eigenvalue weighted by atomic mass is 10.5. The van der Waals surface area contributed by atoms with Crippen LogP contribution in [0.5, 0.6) is 0 Å². The van der Waals surface area contributed by atoms with Crippen LogP contribution in [0.25, 0.3) is 11.2 Å². The van der Waals surface area contributed by atoms with Crippen LogP contribution in [0, 0.1) is 0 Å². The molecule has 0 bridgehead atoms. The molecule has 0 spiro atoms. The molecule has 0 aromatic carbocycles. The van der Waals surface area contributed by atoms with Gasteiger partial charge in [0.15, 0.2) is 16.3 Å². The van der Waals surface area contributed by atoms with Crippen molar-refractivity contribution in [2.45, 2.75) is 5.16 Å². The van der Waals surface area contributed by atoms with E-state index >= 15 is 0 Å². The summed E-state index contributed by atoms with van der Waals surface area (Å²) in [4.78, 5) is 30.7. The topological polar surface area (TPSA) is 72.7 Å². The van der Waals surface area contributed by atoms with E-state index in [1.165, 1.54) is 23.4 Å². The fraction of sp³-hybridized carbons (Fsp3) is 0.300.